The molecule has 0 aromatic heterocycles. The predicted octanol–water partition coefficient (Wildman–Crippen LogP) is 0.346. The molecule has 1 atom stereocenters. The van der Waals surface area contributed by atoms with E-state index in [4.69, 9.17) is 5.73 Å². The normalized spacial score (nSPS) is 12.0. The minimum atomic E-state index is -0.144. The molecule has 5 nitrogen and oxygen atoms in total. The van der Waals surface area contributed by atoms with Crippen molar-refractivity contribution >= 4 is 11.8 Å². The molecule has 0 aliphatic carbocycles. The first-order valence-corrected chi connectivity index (χ1v) is 6.19. The Hall–Kier alpha value is -1.10. The molecule has 0 aromatic rings. The first-order chi connectivity index (χ1) is 8.04. The van der Waals surface area contributed by atoms with Crippen LogP contribution in [0.4, 0.5) is 0 Å². The van der Waals surface area contributed by atoms with Crippen LogP contribution in [0, 0.1) is 5.92 Å². The lowest BCUT2D eigenvalue weighted by atomic mass is 9.96. The van der Waals surface area contributed by atoms with Crippen LogP contribution in [0.15, 0.2) is 0 Å². The molecule has 0 aliphatic heterocycles. The quantitative estimate of drug-likeness (QED) is 0.646. The van der Waals surface area contributed by atoms with Gasteiger partial charge >= 0.3 is 0 Å². The summed E-state index contributed by atoms with van der Waals surface area (Å²) in [5.74, 6) is 0.385. The van der Waals surface area contributed by atoms with E-state index in [2.05, 4.69) is 12.2 Å². The molecule has 1 unspecified atom stereocenters. The number of carbonyl (C=O) groups excluding carboxylic acids is 2. The summed E-state index contributed by atoms with van der Waals surface area (Å²) in [6.45, 7) is 2.91. The van der Waals surface area contributed by atoms with Gasteiger partial charge in [-0.25, -0.2) is 0 Å². The molecule has 0 spiro atoms. The van der Waals surface area contributed by atoms with Gasteiger partial charge in [-0.15, -0.1) is 0 Å². The van der Waals surface area contributed by atoms with Gasteiger partial charge in [-0.05, 0) is 25.3 Å². The van der Waals surface area contributed by atoms with E-state index in [1.165, 1.54) is 4.90 Å². The fourth-order valence-corrected chi connectivity index (χ4v) is 1.69. The van der Waals surface area contributed by atoms with Crippen molar-refractivity contribution in [3.05, 3.63) is 0 Å². The molecule has 0 heterocycles. The Kier molecular flexibility index (Phi) is 8.40. The zero-order valence-corrected chi connectivity index (χ0v) is 11.2. The van der Waals surface area contributed by atoms with Gasteiger partial charge in [-0.2, -0.15) is 0 Å². The lowest BCUT2D eigenvalue weighted by Crippen LogP contribution is -2.36. The van der Waals surface area contributed by atoms with Crippen molar-refractivity contribution in [2.75, 3.05) is 27.2 Å². The number of rotatable bonds is 8. The highest BCUT2D eigenvalue weighted by atomic mass is 16.2. The van der Waals surface area contributed by atoms with Crippen molar-refractivity contribution in [2.45, 2.75) is 32.6 Å². The average molecular weight is 243 g/mol. The zero-order valence-electron chi connectivity index (χ0n) is 11.2. The summed E-state index contributed by atoms with van der Waals surface area (Å²) < 4.78 is 0. The second-order valence-corrected chi connectivity index (χ2v) is 4.31. The highest BCUT2D eigenvalue weighted by Gasteiger charge is 2.14. The standard InChI is InChI=1S/C12H25N3O2/c1-4-10(7-8-13)5-6-12(17)15(3)9-11(16)14-2/h10H,4-9,13H2,1-3H3,(H,14,16). The molecule has 0 aromatic carbocycles. The summed E-state index contributed by atoms with van der Waals surface area (Å²) >= 11 is 0. The van der Waals surface area contributed by atoms with Gasteiger partial charge in [0.25, 0.3) is 0 Å². The van der Waals surface area contributed by atoms with E-state index in [0.29, 0.717) is 18.9 Å². The fraction of sp³-hybridized carbons (Fsp3) is 0.833. The maximum atomic E-state index is 11.7. The Morgan fingerprint density at radius 3 is 2.47 bits per heavy atom. The van der Waals surface area contributed by atoms with Crippen molar-refractivity contribution in [2.24, 2.45) is 11.7 Å². The Morgan fingerprint density at radius 2 is 2.00 bits per heavy atom. The van der Waals surface area contributed by atoms with Crippen LogP contribution < -0.4 is 11.1 Å². The van der Waals surface area contributed by atoms with Crippen LogP contribution in [0.5, 0.6) is 0 Å². The van der Waals surface area contributed by atoms with Gasteiger partial charge in [0.2, 0.25) is 11.8 Å². The third kappa shape index (κ3) is 6.94. The maximum absolute atomic E-state index is 11.7. The third-order valence-electron chi connectivity index (χ3n) is 3.00. The summed E-state index contributed by atoms with van der Waals surface area (Å²) in [7, 11) is 3.22. The largest absolute Gasteiger partial charge is 0.358 e. The van der Waals surface area contributed by atoms with E-state index in [-0.39, 0.29) is 18.4 Å². The summed E-state index contributed by atoms with van der Waals surface area (Å²) in [6.07, 6.45) is 3.35. The second kappa shape index (κ2) is 8.98. The first kappa shape index (κ1) is 15.9. The fourth-order valence-electron chi connectivity index (χ4n) is 1.69. The molecular weight excluding hydrogens is 218 g/mol. The van der Waals surface area contributed by atoms with Crippen molar-refractivity contribution in [1.29, 1.82) is 0 Å². The predicted molar refractivity (Wildman–Crippen MR) is 68.4 cm³/mol. The van der Waals surface area contributed by atoms with Crippen molar-refractivity contribution in [3.8, 4) is 0 Å². The smallest absolute Gasteiger partial charge is 0.239 e. The molecule has 5 heteroatoms. The second-order valence-electron chi connectivity index (χ2n) is 4.31. The van der Waals surface area contributed by atoms with Crippen molar-refractivity contribution in [1.82, 2.24) is 10.2 Å². The van der Waals surface area contributed by atoms with E-state index in [9.17, 15) is 9.59 Å². The van der Waals surface area contributed by atoms with Crippen molar-refractivity contribution in [3.63, 3.8) is 0 Å². The maximum Gasteiger partial charge on any atom is 0.239 e. The number of amides is 2. The number of likely N-dealkylation sites (N-methyl/N-ethyl adjacent to an activating group) is 2. The van der Waals surface area contributed by atoms with Gasteiger partial charge in [-0.3, -0.25) is 9.59 Å². The highest BCUT2D eigenvalue weighted by Crippen LogP contribution is 2.15. The van der Waals surface area contributed by atoms with Crippen LogP contribution in [-0.2, 0) is 9.59 Å². The molecule has 17 heavy (non-hydrogen) atoms. The molecule has 3 N–H and O–H groups in total. The molecular formula is C12H25N3O2. The van der Waals surface area contributed by atoms with E-state index < -0.39 is 0 Å². The summed E-state index contributed by atoms with van der Waals surface area (Å²) in [5.41, 5.74) is 5.51. The molecule has 0 bridgehead atoms. The molecule has 100 valence electrons. The Balaban J connectivity index is 3.95. The number of carbonyl (C=O) groups is 2. The SMILES string of the molecule is CCC(CCN)CCC(=O)N(C)CC(=O)NC. The number of nitrogens with one attached hydrogen (secondary N) is 1. The minimum absolute atomic E-state index is 0.0177. The van der Waals surface area contributed by atoms with Crippen LogP contribution in [0.1, 0.15) is 32.6 Å². The molecule has 0 rings (SSSR count). The summed E-state index contributed by atoms with van der Waals surface area (Å²) in [6, 6.07) is 0. The number of nitrogens with two attached hydrogens (primary N) is 1. The number of nitrogens with zero attached hydrogens (tertiary/aromatic N) is 1. The van der Waals surface area contributed by atoms with Gasteiger partial charge in [0, 0.05) is 20.5 Å². The molecule has 2 amide bonds. The number of hydrogen-bond acceptors (Lipinski definition) is 3. The molecule has 0 radical (unpaired) electrons. The Labute approximate surface area is 104 Å². The van der Waals surface area contributed by atoms with Gasteiger partial charge < -0.3 is 16.0 Å². The zero-order chi connectivity index (χ0) is 13.3. The molecule has 0 aliphatic rings. The van der Waals surface area contributed by atoms with Gasteiger partial charge in [0.1, 0.15) is 0 Å². The highest BCUT2D eigenvalue weighted by molar-refractivity contribution is 5.84. The average Bonchev–Trinajstić information content (AvgIpc) is 2.33. The van der Waals surface area contributed by atoms with Crippen LogP contribution in [0.3, 0.4) is 0 Å². The van der Waals surface area contributed by atoms with E-state index in [0.717, 1.165) is 19.3 Å². The van der Waals surface area contributed by atoms with E-state index in [1.54, 1.807) is 14.1 Å². The molecule has 0 saturated carbocycles. The summed E-state index contributed by atoms with van der Waals surface area (Å²) in [4.78, 5) is 24.3. The molecule has 0 fully saturated rings. The number of hydrogen-bond donors (Lipinski definition) is 2. The first-order valence-electron chi connectivity index (χ1n) is 6.19. The third-order valence-corrected chi connectivity index (χ3v) is 3.00. The van der Waals surface area contributed by atoms with Crippen molar-refractivity contribution < 1.29 is 9.59 Å². The lowest BCUT2D eigenvalue weighted by molar-refractivity contribution is -0.134. The lowest BCUT2D eigenvalue weighted by Gasteiger charge is -2.18. The van der Waals surface area contributed by atoms with Crippen LogP contribution in [0.25, 0.3) is 0 Å². The van der Waals surface area contributed by atoms with Crippen LogP contribution >= 0.6 is 0 Å². The Bertz CT molecular complexity index is 244. The van der Waals surface area contributed by atoms with Gasteiger partial charge in [0.15, 0.2) is 0 Å². The molecule has 0 saturated heterocycles. The van der Waals surface area contributed by atoms with Gasteiger partial charge in [-0.1, -0.05) is 13.3 Å². The van der Waals surface area contributed by atoms with Crippen LogP contribution in [0.2, 0.25) is 0 Å². The minimum Gasteiger partial charge on any atom is -0.358 e. The van der Waals surface area contributed by atoms with Gasteiger partial charge in [0.05, 0.1) is 6.54 Å². The monoisotopic (exact) mass is 243 g/mol. The van der Waals surface area contributed by atoms with E-state index >= 15 is 0 Å². The Morgan fingerprint density at radius 1 is 1.35 bits per heavy atom. The van der Waals surface area contributed by atoms with E-state index in [1.807, 2.05) is 0 Å². The summed E-state index contributed by atoms with van der Waals surface area (Å²) in [5, 5.41) is 2.50. The van der Waals surface area contributed by atoms with Crippen LogP contribution in [-0.4, -0.2) is 43.9 Å². The topological polar surface area (TPSA) is 75.4 Å².